The highest BCUT2D eigenvalue weighted by molar-refractivity contribution is 7.93. The van der Waals surface area contributed by atoms with E-state index in [0.29, 0.717) is 23.7 Å². The lowest BCUT2D eigenvalue weighted by Gasteiger charge is -2.16. The molecule has 2 amide bonds. The fourth-order valence-corrected chi connectivity index (χ4v) is 4.41. The monoisotopic (exact) mass is 454 g/mol. The summed E-state index contributed by atoms with van der Waals surface area (Å²) in [6.07, 6.45) is -3.89. The number of nitrogens with zero attached hydrogens (tertiary/aromatic N) is 2. The van der Waals surface area contributed by atoms with Crippen LogP contribution in [0.5, 0.6) is 6.01 Å². The van der Waals surface area contributed by atoms with E-state index in [9.17, 15) is 36.3 Å². The zero-order chi connectivity index (χ0) is 22.2. The number of hydrogen-bond donors (Lipinski definition) is 3. The first-order chi connectivity index (χ1) is 13.1. The summed E-state index contributed by atoms with van der Waals surface area (Å²) in [5.41, 5.74) is 3.01. The van der Waals surface area contributed by atoms with Gasteiger partial charge in [-0.25, -0.2) is 18.4 Å². The Bertz CT molecular complexity index is 1040. The molecule has 0 aliphatic carbocycles. The van der Waals surface area contributed by atoms with Crippen LogP contribution in [0.25, 0.3) is 0 Å². The number of carbonyl (C=O) groups excluding carboxylic acids is 2. The van der Waals surface area contributed by atoms with E-state index in [1.807, 2.05) is 0 Å². The summed E-state index contributed by atoms with van der Waals surface area (Å²) in [6, 6.07) is -0.235. The van der Waals surface area contributed by atoms with Crippen LogP contribution in [-0.2, 0) is 14.6 Å². The molecule has 0 bridgehead atoms. The fourth-order valence-electron chi connectivity index (χ4n) is 1.75. The molecule has 29 heavy (non-hydrogen) atoms. The smallest absolute Gasteiger partial charge is 0.381 e. The van der Waals surface area contributed by atoms with Gasteiger partial charge in [0, 0.05) is 0 Å². The number of anilines is 1. The van der Waals surface area contributed by atoms with Gasteiger partial charge in [-0.1, -0.05) is 0 Å². The molecular formula is C14H13F3N4O6S2. The van der Waals surface area contributed by atoms with Crippen molar-refractivity contribution in [3.05, 3.63) is 24.0 Å². The van der Waals surface area contributed by atoms with Crippen molar-refractivity contribution in [2.45, 2.75) is 34.9 Å². The van der Waals surface area contributed by atoms with E-state index >= 15 is 0 Å². The molecule has 0 radical (unpaired) electrons. The summed E-state index contributed by atoms with van der Waals surface area (Å²) in [5.74, 6) is -1.98. The second-order valence-corrected chi connectivity index (χ2v) is 9.17. The Hall–Kier alpha value is -2.78. The lowest BCUT2D eigenvalue weighted by Crippen LogP contribution is -2.36. The Morgan fingerprint density at radius 3 is 2.24 bits per heavy atom. The fraction of sp³-hybridized carbons (Fsp3) is 0.286. The van der Waals surface area contributed by atoms with Gasteiger partial charge in [0.1, 0.15) is 19.7 Å². The van der Waals surface area contributed by atoms with Crippen molar-refractivity contribution in [2.75, 3.05) is 5.32 Å². The van der Waals surface area contributed by atoms with Crippen LogP contribution in [0.2, 0.25) is 0 Å². The van der Waals surface area contributed by atoms with Crippen molar-refractivity contribution in [1.82, 2.24) is 9.97 Å². The van der Waals surface area contributed by atoms with Gasteiger partial charge in [0.15, 0.2) is 0 Å². The predicted octanol–water partition coefficient (Wildman–Crippen LogP) is 1.08. The first kappa shape index (κ1) is 22.5. The van der Waals surface area contributed by atoms with Crippen LogP contribution < -0.4 is 15.8 Å². The van der Waals surface area contributed by atoms with Crippen LogP contribution >= 0.6 is 11.3 Å². The third kappa shape index (κ3) is 5.39. The zero-order valence-electron chi connectivity index (χ0n) is 14.6. The van der Waals surface area contributed by atoms with E-state index in [1.165, 1.54) is 13.8 Å². The van der Waals surface area contributed by atoms with Gasteiger partial charge >= 0.3 is 12.4 Å². The molecule has 0 saturated carbocycles. The van der Waals surface area contributed by atoms with Crippen molar-refractivity contribution in [1.29, 1.82) is 0 Å². The molecule has 0 atom stereocenters. The molecule has 2 heterocycles. The number of thiophene rings is 1. The molecule has 0 aliphatic heterocycles. The molecule has 158 valence electrons. The molecule has 4 N–H and O–H groups in total. The normalized spacial score (nSPS) is 12.5. The van der Waals surface area contributed by atoms with Gasteiger partial charge in [0.25, 0.3) is 11.8 Å². The number of halogens is 3. The third-order valence-electron chi connectivity index (χ3n) is 3.14. The van der Waals surface area contributed by atoms with Crippen molar-refractivity contribution in [3.63, 3.8) is 0 Å². The lowest BCUT2D eigenvalue weighted by atomic mass is 10.1. The molecule has 0 aliphatic rings. The maximum atomic E-state index is 12.7. The number of alkyl halides is 3. The molecule has 15 heteroatoms. The van der Waals surface area contributed by atoms with Gasteiger partial charge < -0.3 is 20.9 Å². The van der Waals surface area contributed by atoms with Gasteiger partial charge in [-0.15, -0.1) is 24.5 Å². The first-order valence-electron chi connectivity index (χ1n) is 7.41. The third-order valence-corrected chi connectivity index (χ3v) is 6.38. The average molecular weight is 454 g/mol. The van der Waals surface area contributed by atoms with Crippen molar-refractivity contribution in [2.24, 2.45) is 5.73 Å². The summed E-state index contributed by atoms with van der Waals surface area (Å²) in [5, 5.41) is 11.6. The van der Waals surface area contributed by atoms with E-state index < -0.39 is 48.7 Å². The Kier molecular flexibility index (Phi) is 5.87. The van der Waals surface area contributed by atoms with E-state index in [4.69, 9.17) is 5.73 Å². The summed E-state index contributed by atoms with van der Waals surface area (Å²) in [4.78, 5) is 29.3. The van der Waals surface area contributed by atoms with E-state index in [0.717, 1.165) is 6.07 Å². The number of ether oxygens (including phenoxy) is 1. The maximum absolute atomic E-state index is 12.7. The number of hydrogen-bond acceptors (Lipinski definition) is 9. The molecule has 0 unspecified atom stereocenters. The van der Waals surface area contributed by atoms with Gasteiger partial charge in [0.05, 0.1) is 18.0 Å². The van der Waals surface area contributed by atoms with Gasteiger partial charge in [-0.05, 0) is 19.9 Å². The highest BCUT2D eigenvalue weighted by Gasteiger charge is 2.33. The van der Waals surface area contributed by atoms with E-state index in [1.54, 1.807) is 0 Å². The average Bonchev–Trinajstić information content (AvgIpc) is 2.98. The van der Waals surface area contributed by atoms with Crippen molar-refractivity contribution < 1.29 is 41.0 Å². The van der Waals surface area contributed by atoms with E-state index in [-0.39, 0.29) is 10.6 Å². The largest absolute Gasteiger partial charge is 0.575 e. The molecule has 2 aromatic rings. The van der Waals surface area contributed by atoms with Gasteiger partial charge in [-0.3, -0.25) is 9.59 Å². The minimum atomic E-state index is -5.06. The molecule has 0 spiro atoms. The summed E-state index contributed by atoms with van der Waals surface area (Å²) >= 11 is 0.450. The number of carbonyl (C=O) groups is 2. The molecule has 0 aromatic carbocycles. The SMILES string of the molecule is CC(C)(O)C(=O)Nc1sc(S(=O)(=O)c2cnc(OC(F)(F)F)nc2)cc1C(N)=O. The Morgan fingerprint density at radius 1 is 1.24 bits per heavy atom. The lowest BCUT2D eigenvalue weighted by molar-refractivity contribution is -0.277. The number of nitrogens with two attached hydrogens (primary N) is 1. The summed E-state index contributed by atoms with van der Waals surface area (Å²) < 4.78 is 64.7. The molecule has 2 aromatic heterocycles. The van der Waals surface area contributed by atoms with Gasteiger partial charge in [-0.2, -0.15) is 0 Å². The quantitative estimate of drug-likeness (QED) is 0.584. The number of nitrogens with one attached hydrogen (secondary N) is 1. The molecule has 0 saturated heterocycles. The number of sulfone groups is 1. The standard InChI is InChI=1S/C14H13F3N4O6S2/c1-13(2,24)11(23)21-10-7(9(18)22)3-8(28-10)29(25,26)6-4-19-12(20-5-6)27-14(15,16)17/h3-5,24H,1-2H3,(H2,18,22)(H,21,23). The number of rotatable bonds is 6. The maximum Gasteiger partial charge on any atom is 0.575 e. The van der Waals surface area contributed by atoms with Crippen molar-refractivity contribution in [3.8, 4) is 6.01 Å². The molecule has 0 fully saturated rings. The van der Waals surface area contributed by atoms with Crippen LogP contribution in [0.4, 0.5) is 18.2 Å². The number of aromatic nitrogens is 2. The predicted molar refractivity (Wildman–Crippen MR) is 91.9 cm³/mol. The highest BCUT2D eigenvalue weighted by Crippen LogP contribution is 2.35. The number of aliphatic hydroxyl groups is 1. The van der Waals surface area contributed by atoms with Crippen LogP contribution in [0.15, 0.2) is 27.6 Å². The number of primary amides is 1. The molecule has 2 rings (SSSR count). The minimum Gasteiger partial charge on any atom is -0.381 e. The topological polar surface area (TPSA) is 162 Å². The minimum absolute atomic E-state index is 0.235. The molecular weight excluding hydrogens is 441 g/mol. The summed E-state index contributed by atoms with van der Waals surface area (Å²) in [6.45, 7) is 2.33. The van der Waals surface area contributed by atoms with E-state index in [2.05, 4.69) is 20.0 Å². The van der Waals surface area contributed by atoms with Crippen LogP contribution in [0.1, 0.15) is 24.2 Å². The van der Waals surface area contributed by atoms with Crippen LogP contribution in [0.3, 0.4) is 0 Å². The van der Waals surface area contributed by atoms with Crippen molar-refractivity contribution >= 4 is 38.0 Å². The Balaban J connectivity index is 2.41. The Labute approximate surface area is 165 Å². The van der Waals surface area contributed by atoms with Crippen LogP contribution in [-0.4, -0.2) is 47.3 Å². The summed E-state index contributed by atoms with van der Waals surface area (Å²) in [7, 11) is -4.37. The second kappa shape index (κ2) is 7.57. The molecule has 10 nitrogen and oxygen atoms in total. The Morgan fingerprint density at radius 2 is 1.79 bits per heavy atom. The zero-order valence-corrected chi connectivity index (χ0v) is 16.3. The first-order valence-corrected chi connectivity index (χ1v) is 9.71. The highest BCUT2D eigenvalue weighted by atomic mass is 32.2. The van der Waals surface area contributed by atoms with Crippen LogP contribution in [0, 0.1) is 0 Å². The van der Waals surface area contributed by atoms with Gasteiger partial charge in [0.2, 0.25) is 9.84 Å². The number of amides is 2. The second-order valence-electron chi connectivity index (χ2n) is 5.94.